The molecule has 0 saturated heterocycles. The Kier molecular flexibility index (Phi) is 3.85. The predicted molar refractivity (Wildman–Crippen MR) is 57.3 cm³/mol. The molecule has 0 atom stereocenters. The molecule has 0 aromatic carbocycles. The molecule has 0 spiro atoms. The SMILES string of the molecule is C/C=C/c1c(C(F)F)nn(C(C)C)c1Cl. The number of nitrogens with zero attached hydrogens (tertiary/aromatic N) is 2. The van der Waals surface area contributed by atoms with Crippen LogP contribution in [-0.2, 0) is 0 Å². The largest absolute Gasteiger partial charge is 0.282 e. The summed E-state index contributed by atoms with van der Waals surface area (Å²) in [5, 5.41) is 4.07. The molecule has 1 rings (SSSR count). The molecule has 0 unspecified atom stereocenters. The first-order valence-electron chi connectivity index (χ1n) is 4.67. The van der Waals surface area contributed by atoms with Gasteiger partial charge in [0.25, 0.3) is 6.43 Å². The third-order valence-electron chi connectivity index (χ3n) is 1.94. The fourth-order valence-electron chi connectivity index (χ4n) is 1.27. The Morgan fingerprint density at radius 3 is 2.40 bits per heavy atom. The third kappa shape index (κ3) is 2.37. The molecule has 84 valence electrons. The zero-order valence-electron chi connectivity index (χ0n) is 8.84. The maximum Gasteiger partial charge on any atom is 0.282 e. The van der Waals surface area contributed by atoms with Crippen LogP contribution in [-0.4, -0.2) is 9.78 Å². The summed E-state index contributed by atoms with van der Waals surface area (Å²) in [5.41, 5.74) is 0.0506. The van der Waals surface area contributed by atoms with Crippen LogP contribution in [0.3, 0.4) is 0 Å². The molecule has 0 fully saturated rings. The van der Waals surface area contributed by atoms with Gasteiger partial charge in [-0.05, 0) is 20.8 Å². The molecule has 0 radical (unpaired) electrons. The van der Waals surface area contributed by atoms with Crippen molar-refractivity contribution < 1.29 is 8.78 Å². The molecule has 0 aliphatic rings. The van der Waals surface area contributed by atoms with Gasteiger partial charge in [-0.25, -0.2) is 8.78 Å². The van der Waals surface area contributed by atoms with Crippen LogP contribution in [0.1, 0.15) is 44.5 Å². The van der Waals surface area contributed by atoms with Crippen LogP contribution < -0.4 is 0 Å². The molecule has 5 heteroatoms. The summed E-state index contributed by atoms with van der Waals surface area (Å²) in [4.78, 5) is 0. The van der Waals surface area contributed by atoms with Gasteiger partial charge in [0.1, 0.15) is 10.8 Å². The molecule has 15 heavy (non-hydrogen) atoms. The lowest BCUT2D eigenvalue weighted by Gasteiger charge is -2.05. The molecule has 1 heterocycles. The minimum atomic E-state index is -2.60. The van der Waals surface area contributed by atoms with E-state index in [-0.39, 0.29) is 16.9 Å². The zero-order valence-corrected chi connectivity index (χ0v) is 9.59. The van der Waals surface area contributed by atoms with E-state index in [1.54, 1.807) is 19.1 Å². The molecule has 0 amide bonds. The van der Waals surface area contributed by atoms with Crippen LogP contribution in [0.5, 0.6) is 0 Å². The predicted octanol–water partition coefficient (Wildman–Crippen LogP) is 4.09. The van der Waals surface area contributed by atoms with Crippen LogP contribution in [0.2, 0.25) is 5.15 Å². The first kappa shape index (κ1) is 12.2. The van der Waals surface area contributed by atoms with Gasteiger partial charge in [0.15, 0.2) is 0 Å². The van der Waals surface area contributed by atoms with Crippen molar-refractivity contribution in [3.63, 3.8) is 0 Å². The van der Waals surface area contributed by atoms with E-state index < -0.39 is 6.43 Å². The summed E-state index contributed by atoms with van der Waals surface area (Å²) >= 11 is 5.96. The maximum absolute atomic E-state index is 12.6. The van der Waals surface area contributed by atoms with Crippen LogP contribution in [0, 0.1) is 0 Å². The second-order valence-corrected chi connectivity index (χ2v) is 3.79. The number of rotatable bonds is 3. The highest BCUT2D eigenvalue weighted by molar-refractivity contribution is 6.31. The van der Waals surface area contributed by atoms with Crippen LogP contribution >= 0.6 is 11.6 Å². The average Bonchev–Trinajstić information content (AvgIpc) is 2.45. The van der Waals surface area contributed by atoms with Crippen molar-refractivity contribution in [1.29, 1.82) is 0 Å². The lowest BCUT2D eigenvalue weighted by atomic mass is 10.2. The van der Waals surface area contributed by atoms with Crippen molar-refractivity contribution in [1.82, 2.24) is 9.78 Å². The summed E-state index contributed by atoms with van der Waals surface area (Å²) in [6, 6.07) is -0.0333. The van der Waals surface area contributed by atoms with E-state index in [9.17, 15) is 8.78 Å². The van der Waals surface area contributed by atoms with Gasteiger partial charge in [0, 0.05) is 11.6 Å². The van der Waals surface area contributed by atoms with E-state index in [1.807, 2.05) is 13.8 Å². The van der Waals surface area contributed by atoms with Crippen molar-refractivity contribution in [2.75, 3.05) is 0 Å². The van der Waals surface area contributed by atoms with Gasteiger partial charge in [-0.15, -0.1) is 0 Å². The lowest BCUT2D eigenvalue weighted by Crippen LogP contribution is -2.03. The molecule has 2 nitrogen and oxygen atoms in total. The van der Waals surface area contributed by atoms with Gasteiger partial charge in [0.05, 0.1) is 0 Å². The maximum atomic E-state index is 12.6. The Morgan fingerprint density at radius 2 is 2.00 bits per heavy atom. The first-order valence-corrected chi connectivity index (χ1v) is 5.05. The second-order valence-electron chi connectivity index (χ2n) is 3.43. The van der Waals surface area contributed by atoms with E-state index in [0.29, 0.717) is 5.56 Å². The van der Waals surface area contributed by atoms with Gasteiger partial charge in [-0.2, -0.15) is 5.10 Å². The van der Waals surface area contributed by atoms with Gasteiger partial charge < -0.3 is 0 Å². The van der Waals surface area contributed by atoms with Gasteiger partial charge in [-0.3, -0.25) is 4.68 Å². The normalized spacial score (nSPS) is 12.3. The topological polar surface area (TPSA) is 17.8 Å². The van der Waals surface area contributed by atoms with Crippen molar-refractivity contribution >= 4 is 17.7 Å². The van der Waals surface area contributed by atoms with Gasteiger partial charge >= 0.3 is 0 Å². The number of allylic oxidation sites excluding steroid dienone is 1. The Labute approximate surface area is 92.5 Å². The highest BCUT2D eigenvalue weighted by Crippen LogP contribution is 2.30. The average molecular weight is 235 g/mol. The molecule has 0 aliphatic heterocycles. The molecular formula is C10H13ClF2N2. The van der Waals surface area contributed by atoms with Gasteiger partial charge in [0.2, 0.25) is 0 Å². The zero-order chi connectivity index (χ0) is 11.6. The number of aromatic nitrogens is 2. The lowest BCUT2D eigenvalue weighted by molar-refractivity contribution is 0.144. The Hall–Kier alpha value is -0.900. The summed E-state index contributed by atoms with van der Waals surface area (Å²) < 4.78 is 26.7. The highest BCUT2D eigenvalue weighted by atomic mass is 35.5. The summed E-state index contributed by atoms with van der Waals surface area (Å²) in [6.07, 6.45) is 0.614. The monoisotopic (exact) mass is 234 g/mol. The van der Waals surface area contributed by atoms with Crippen molar-refractivity contribution in [3.8, 4) is 0 Å². The molecule has 0 saturated carbocycles. The van der Waals surface area contributed by atoms with E-state index in [2.05, 4.69) is 5.10 Å². The second kappa shape index (κ2) is 4.75. The van der Waals surface area contributed by atoms with E-state index >= 15 is 0 Å². The highest BCUT2D eigenvalue weighted by Gasteiger charge is 2.22. The summed E-state index contributed by atoms with van der Waals surface area (Å²) in [7, 11) is 0. The minimum Gasteiger partial charge on any atom is -0.250 e. The molecule has 0 N–H and O–H groups in total. The summed E-state index contributed by atoms with van der Waals surface area (Å²) in [5.74, 6) is 0. The molecule has 1 aromatic heterocycles. The van der Waals surface area contributed by atoms with Crippen molar-refractivity contribution in [2.45, 2.75) is 33.2 Å². The van der Waals surface area contributed by atoms with E-state index in [0.717, 1.165) is 0 Å². The third-order valence-corrected chi connectivity index (χ3v) is 2.32. The fourth-order valence-corrected chi connectivity index (χ4v) is 1.66. The number of hydrogen-bond donors (Lipinski definition) is 0. The Bertz CT molecular complexity index is 370. The van der Waals surface area contributed by atoms with Crippen molar-refractivity contribution in [3.05, 3.63) is 22.5 Å². The van der Waals surface area contributed by atoms with E-state index in [1.165, 1.54) is 4.68 Å². The number of halogens is 3. The van der Waals surface area contributed by atoms with Gasteiger partial charge in [-0.1, -0.05) is 23.8 Å². The summed E-state index contributed by atoms with van der Waals surface area (Å²) in [6.45, 7) is 5.43. The molecule has 0 bridgehead atoms. The van der Waals surface area contributed by atoms with Crippen molar-refractivity contribution in [2.24, 2.45) is 0 Å². The molecule has 1 aromatic rings. The van der Waals surface area contributed by atoms with E-state index in [4.69, 9.17) is 11.6 Å². The number of hydrogen-bond acceptors (Lipinski definition) is 1. The smallest absolute Gasteiger partial charge is 0.250 e. The number of alkyl halides is 2. The molecule has 0 aliphatic carbocycles. The van der Waals surface area contributed by atoms with Crippen LogP contribution in [0.4, 0.5) is 8.78 Å². The fraction of sp³-hybridized carbons (Fsp3) is 0.500. The Morgan fingerprint density at radius 1 is 1.40 bits per heavy atom. The molecular weight excluding hydrogens is 222 g/mol. The Balaban J connectivity index is 3.32. The standard InChI is InChI=1S/C10H13ClF2N2/c1-4-5-7-8(10(12)13)14-15(6(2)3)9(7)11/h4-6,10H,1-3H3/b5-4+. The minimum absolute atomic E-state index is 0.0333. The quantitative estimate of drug-likeness (QED) is 0.770. The first-order chi connectivity index (χ1) is 6.99. The van der Waals surface area contributed by atoms with Crippen LogP contribution in [0.15, 0.2) is 6.08 Å². The van der Waals surface area contributed by atoms with Crippen LogP contribution in [0.25, 0.3) is 6.08 Å².